The largest absolute Gasteiger partial charge is 0.471 e. The number of carbonyl (C=O) groups is 1. The highest BCUT2D eigenvalue weighted by atomic mass is 19.4. The van der Waals surface area contributed by atoms with Gasteiger partial charge in [-0.2, -0.15) is 23.1 Å². The lowest BCUT2D eigenvalue weighted by Crippen LogP contribution is -2.51. The summed E-state index contributed by atoms with van der Waals surface area (Å²) in [6.45, 7) is 5.11. The predicted octanol–water partition coefficient (Wildman–Crippen LogP) is 4.94. The topological polar surface area (TPSA) is 132 Å². The van der Waals surface area contributed by atoms with Crippen molar-refractivity contribution in [3.8, 4) is 0 Å². The van der Waals surface area contributed by atoms with Crippen LogP contribution in [0, 0.1) is 5.82 Å². The van der Waals surface area contributed by atoms with Crippen LogP contribution in [0.2, 0.25) is 0 Å². The Bertz CT molecular complexity index is 1750. The fraction of sp³-hybridized carbons (Fsp3) is 0.500. The summed E-state index contributed by atoms with van der Waals surface area (Å²) in [5.41, 5.74) is 2.52. The van der Waals surface area contributed by atoms with Crippen LogP contribution in [-0.4, -0.2) is 109 Å². The van der Waals surface area contributed by atoms with E-state index in [1.54, 1.807) is 23.6 Å². The van der Waals surface area contributed by atoms with Gasteiger partial charge in [0.15, 0.2) is 17.0 Å². The number of anilines is 2. The molecule has 4 aromatic rings. The van der Waals surface area contributed by atoms with Crippen LogP contribution in [0.3, 0.4) is 0 Å². The number of aromatic nitrogens is 4. The second kappa shape index (κ2) is 15.9. The van der Waals surface area contributed by atoms with Gasteiger partial charge in [0.2, 0.25) is 5.95 Å². The van der Waals surface area contributed by atoms with E-state index in [4.69, 9.17) is 9.97 Å². The molecule has 2 aromatic heterocycles. The highest BCUT2D eigenvalue weighted by molar-refractivity contribution is 5.85. The number of benzene rings is 2. The zero-order valence-corrected chi connectivity index (χ0v) is 28.4. The molecule has 1 aliphatic carbocycles. The Hall–Kier alpha value is -4.34. The fourth-order valence-electron chi connectivity index (χ4n) is 7.27. The van der Waals surface area contributed by atoms with Crippen molar-refractivity contribution < 1.29 is 32.6 Å². The summed E-state index contributed by atoms with van der Waals surface area (Å²) in [6, 6.07) is 13.8. The van der Waals surface area contributed by atoms with Crippen LogP contribution >= 0.6 is 0 Å². The van der Waals surface area contributed by atoms with Crippen molar-refractivity contribution in [2.75, 3.05) is 49.9 Å². The second-order valence-electron chi connectivity index (χ2n) is 13.3. The minimum Gasteiger partial charge on any atom is -0.388 e. The number of alkyl halides is 3. The lowest BCUT2D eigenvalue weighted by Gasteiger charge is -2.31. The Morgan fingerprint density at radius 1 is 0.980 bits per heavy atom. The van der Waals surface area contributed by atoms with Crippen LogP contribution in [0.5, 0.6) is 0 Å². The van der Waals surface area contributed by atoms with Gasteiger partial charge in [-0.1, -0.05) is 55.8 Å². The van der Waals surface area contributed by atoms with Gasteiger partial charge in [0.25, 0.3) is 0 Å². The summed E-state index contributed by atoms with van der Waals surface area (Å²) in [5.74, 6) is -1.93. The van der Waals surface area contributed by atoms with Crippen molar-refractivity contribution in [3.63, 3.8) is 0 Å². The number of aliphatic hydroxyl groups is 2. The number of hydrogen-bond acceptors (Lipinski definition) is 9. The van der Waals surface area contributed by atoms with E-state index in [-0.39, 0.29) is 37.1 Å². The Balaban J connectivity index is 1.32. The molecule has 15 heteroatoms. The molecule has 2 aliphatic rings. The van der Waals surface area contributed by atoms with E-state index >= 15 is 0 Å². The minimum atomic E-state index is -5.13. The standard InChI is InChI=1S/C36H44F4N8O3/c1-2-16-47(34(51)36(38,39)40)27-20-28(31(50)30(27)49)48-22-43-29-32(44-35(45-33(29)48)41-15-19-46-17-7-4-8-18-46)42-21-26(23-9-5-3-6-10-23)24-11-13-25(37)14-12-24/h3,5-6,9-14,22,26-28,30-31,49-50H,2,4,7-8,15-21H2,1H3,(H2,41,42,44,45)/t26?,27-,28+,30+,31-/m0/s1. The number of aliphatic hydroxyl groups excluding tert-OH is 2. The van der Waals surface area contributed by atoms with Gasteiger partial charge in [-0.05, 0) is 62.0 Å². The van der Waals surface area contributed by atoms with Gasteiger partial charge in [0.1, 0.15) is 18.0 Å². The third-order valence-corrected chi connectivity index (χ3v) is 9.88. The van der Waals surface area contributed by atoms with Crippen molar-refractivity contribution in [3.05, 3.63) is 77.9 Å². The Morgan fingerprint density at radius 3 is 2.37 bits per heavy atom. The minimum absolute atomic E-state index is 0.152. The van der Waals surface area contributed by atoms with Crippen molar-refractivity contribution in [1.29, 1.82) is 0 Å². The van der Waals surface area contributed by atoms with E-state index in [0.29, 0.717) is 35.0 Å². The number of nitrogens with one attached hydrogen (secondary N) is 2. The van der Waals surface area contributed by atoms with E-state index in [2.05, 4.69) is 20.5 Å². The van der Waals surface area contributed by atoms with E-state index in [1.807, 2.05) is 30.3 Å². The third kappa shape index (κ3) is 8.26. The summed E-state index contributed by atoms with van der Waals surface area (Å²) in [4.78, 5) is 29.4. The molecule has 1 unspecified atom stereocenters. The molecular formula is C36H44F4N8O3. The average molecular weight is 713 g/mol. The number of nitrogens with zero attached hydrogens (tertiary/aromatic N) is 6. The molecule has 11 nitrogen and oxygen atoms in total. The van der Waals surface area contributed by atoms with Crippen LogP contribution in [0.1, 0.15) is 62.1 Å². The molecule has 1 aliphatic heterocycles. The van der Waals surface area contributed by atoms with Gasteiger partial charge in [0, 0.05) is 32.1 Å². The predicted molar refractivity (Wildman–Crippen MR) is 185 cm³/mol. The van der Waals surface area contributed by atoms with Gasteiger partial charge in [-0.25, -0.2) is 9.37 Å². The van der Waals surface area contributed by atoms with Gasteiger partial charge in [-0.15, -0.1) is 0 Å². The number of hydrogen-bond donors (Lipinski definition) is 4. The number of halogens is 4. The average Bonchev–Trinajstić information content (AvgIpc) is 3.68. The monoisotopic (exact) mass is 712 g/mol. The van der Waals surface area contributed by atoms with Gasteiger partial charge < -0.3 is 35.2 Å². The van der Waals surface area contributed by atoms with E-state index in [9.17, 15) is 32.6 Å². The third-order valence-electron chi connectivity index (χ3n) is 9.88. The molecule has 0 spiro atoms. The van der Waals surface area contributed by atoms with Crippen LogP contribution in [0.25, 0.3) is 11.2 Å². The molecule has 274 valence electrons. The van der Waals surface area contributed by atoms with E-state index in [1.165, 1.54) is 24.9 Å². The van der Waals surface area contributed by atoms with Crippen molar-refractivity contribution in [2.45, 2.75) is 75.4 Å². The fourth-order valence-corrected chi connectivity index (χ4v) is 7.27. The zero-order chi connectivity index (χ0) is 36.1. The second-order valence-corrected chi connectivity index (χ2v) is 13.3. The molecule has 1 saturated carbocycles. The molecule has 5 atom stereocenters. The maximum absolute atomic E-state index is 13.9. The molecule has 3 heterocycles. The maximum atomic E-state index is 13.9. The summed E-state index contributed by atoms with van der Waals surface area (Å²) >= 11 is 0. The first kappa shape index (κ1) is 36.5. The lowest BCUT2D eigenvalue weighted by atomic mass is 9.91. The molecule has 1 amide bonds. The molecule has 4 N–H and O–H groups in total. The van der Waals surface area contributed by atoms with Crippen LogP contribution in [-0.2, 0) is 4.79 Å². The highest BCUT2D eigenvalue weighted by Crippen LogP contribution is 2.38. The quantitative estimate of drug-likeness (QED) is 0.142. The molecule has 6 rings (SSSR count). The number of carbonyl (C=O) groups excluding carboxylic acids is 1. The number of likely N-dealkylation sites (tertiary alicyclic amines) is 1. The Morgan fingerprint density at radius 2 is 1.69 bits per heavy atom. The molecule has 1 saturated heterocycles. The van der Waals surface area contributed by atoms with Gasteiger partial charge >= 0.3 is 12.1 Å². The van der Waals surface area contributed by atoms with Gasteiger partial charge in [0.05, 0.1) is 18.4 Å². The first-order chi connectivity index (χ1) is 24.5. The van der Waals surface area contributed by atoms with Crippen LogP contribution < -0.4 is 10.6 Å². The molecular weight excluding hydrogens is 668 g/mol. The summed E-state index contributed by atoms with van der Waals surface area (Å²) in [5, 5.41) is 28.9. The van der Waals surface area contributed by atoms with Crippen molar-refractivity contribution in [1.82, 2.24) is 29.3 Å². The highest BCUT2D eigenvalue weighted by Gasteiger charge is 2.51. The van der Waals surface area contributed by atoms with Crippen molar-refractivity contribution >= 4 is 28.8 Å². The lowest BCUT2D eigenvalue weighted by molar-refractivity contribution is -0.190. The first-order valence-electron chi connectivity index (χ1n) is 17.5. The zero-order valence-electron chi connectivity index (χ0n) is 28.4. The molecule has 51 heavy (non-hydrogen) atoms. The number of imidazole rings is 1. The van der Waals surface area contributed by atoms with Crippen molar-refractivity contribution in [2.24, 2.45) is 0 Å². The summed E-state index contributed by atoms with van der Waals surface area (Å²) in [7, 11) is 0. The van der Waals surface area contributed by atoms with Crippen LogP contribution in [0.4, 0.5) is 29.3 Å². The Labute approximate surface area is 293 Å². The number of piperidine rings is 1. The summed E-state index contributed by atoms with van der Waals surface area (Å²) in [6.07, 6.45) is -3.25. The smallest absolute Gasteiger partial charge is 0.388 e. The summed E-state index contributed by atoms with van der Waals surface area (Å²) < 4.78 is 56.1. The molecule has 2 aromatic carbocycles. The molecule has 2 fully saturated rings. The Kier molecular flexibility index (Phi) is 11.4. The van der Waals surface area contributed by atoms with Gasteiger partial charge in [-0.3, -0.25) is 4.79 Å². The van der Waals surface area contributed by atoms with E-state index < -0.39 is 36.4 Å². The number of fused-ring (bicyclic) bond motifs is 1. The number of amides is 1. The first-order valence-corrected chi connectivity index (χ1v) is 17.5. The van der Waals surface area contributed by atoms with E-state index in [0.717, 1.165) is 43.6 Å². The molecule has 0 bridgehead atoms. The normalized spacial score (nSPS) is 21.9. The molecule has 0 radical (unpaired) electrons. The SMILES string of the molecule is CCCN(C(=O)C(F)(F)F)[C@H]1C[C@@H](n2cnc3c(NCC(c4ccccc4)c4ccc(F)cc4)nc(NCCN4CCCCC4)nc32)[C@H](O)[C@@H]1O. The maximum Gasteiger partial charge on any atom is 0.471 e. The van der Waals surface area contributed by atoms with Crippen LogP contribution in [0.15, 0.2) is 60.9 Å². The number of rotatable bonds is 13.